The maximum atomic E-state index is 13.3. The van der Waals surface area contributed by atoms with E-state index < -0.39 is 36.9 Å². The number of carbonyl (C=O) groups excluding carboxylic acids is 1. The molecule has 0 saturated carbocycles. The molecule has 32 heavy (non-hydrogen) atoms. The topological polar surface area (TPSA) is 117 Å². The molecule has 0 atom stereocenters. The summed E-state index contributed by atoms with van der Waals surface area (Å²) < 4.78 is 45.7. The van der Waals surface area contributed by atoms with Crippen molar-refractivity contribution in [3.05, 3.63) is 65.9 Å². The van der Waals surface area contributed by atoms with Crippen LogP contribution in [0.25, 0.3) is 27.6 Å². The predicted molar refractivity (Wildman–Crippen MR) is 107 cm³/mol. The van der Waals surface area contributed by atoms with E-state index in [2.05, 4.69) is 15.0 Å². The number of allylic oxidation sites excluding steroid dienone is 1. The zero-order valence-corrected chi connectivity index (χ0v) is 16.2. The monoisotopic (exact) mass is 441 g/mol. The van der Waals surface area contributed by atoms with Gasteiger partial charge in [-0.3, -0.25) is 4.79 Å². The SMILES string of the molecule is N#CC(=C(O)COC(=O)Cn1c(C(F)(F)F)nc2ccccc21)c1nc2ccccc2[nH]1. The molecule has 0 amide bonds. The van der Waals surface area contributed by atoms with E-state index in [9.17, 15) is 28.3 Å². The normalized spacial score (nSPS) is 12.6. The van der Waals surface area contributed by atoms with E-state index in [1.165, 1.54) is 24.3 Å². The molecule has 0 radical (unpaired) electrons. The van der Waals surface area contributed by atoms with Gasteiger partial charge in [-0.2, -0.15) is 18.4 Å². The first-order chi connectivity index (χ1) is 15.3. The molecule has 2 aromatic carbocycles. The fourth-order valence-electron chi connectivity index (χ4n) is 3.17. The van der Waals surface area contributed by atoms with Crippen molar-refractivity contribution in [1.29, 1.82) is 5.26 Å². The highest BCUT2D eigenvalue weighted by molar-refractivity contribution is 5.83. The number of fused-ring (bicyclic) bond motifs is 2. The fraction of sp³-hybridized carbons (Fsp3) is 0.143. The molecule has 0 fully saturated rings. The van der Waals surface area contributed by atoms with Gasteiger partial charge in [0, 0.05) is 0 Å². The average molecular weight is 441 g/mol. The molecular formula is C21H14F3N5O3. The minimum absolute atomic E-state index is 0.0715. The molecule has 4 aromatic rings. The molecule has 0 aliphatic heterocycles. The number of aromatic nitrogens is 4. The Labute approximate surface area is 178 Å². The van der Waals surface area contributed by atoms with E-state index in [1.807, 2.05) is 0 Å². The van der Waals surface area contributed by atoms with Crippen LogP contribution in [0.1, 0.15) is 11.6 Å². The zero-order chi connectivity index (χ0) is 22.9. The first-order valence-electron chi connectivity index (χ1n) is 9.23. The molecule has 8 nitrogen and oxygen atoms in total. The number of imidazole rings is 2. The number of nitriles is 1. The highest BCUT2D eigenvalue weighted by atomic mass is 19.4. The summed E-state index contributed by atoms with van der Waals surface area (Å²) in [6.07, 6.45) is -4.78. The Morgan fingerprint density at radius 2 is 1.81 bits per heavy atom. The second-order valence-electron chi connectivity index (χ2n) is 6.70. The van der Waals surface area contributed by atoms with Crippen molar-refractivity contribution in [3.8, 4) is 6.07 Å². The van der Waals surface area contributed by atoms with Crippen LogP contribution in [0.5, 0.6) is 0 Å². The molecule has 162 valence electrons. The van der Waals surface area contributed by atoms with Gasteiger partial charge in [0.2, 0.25) is 5.82 Å². The van der Waals surface area contributed by atoms with E-state index in [-0.39, 0.29) is 22.4 Å². The van der Waals surface area contributed by atoms with Crippen molar-refractivity contribution in [2.75, 3.05) is 6.61 Å². The smallest absolute Gasteiger partial charge is 0.449 e. The number of ether oxygens (including phenoxy) is 1. The summed E-state index contributed by atoms with van der Waals surface area (Å²) >= 11 is 0. The van der Waals surface area contributed by atoms with E-state index in [0.29, 0.717) is 15.6 Å². The van der Waals surface area contributed by atoms with Crippen LogP contribution >= 0.6 is 0 Å². The van der Waals surface area contributed by atoms with Gasteiger partial charge in [-0.05, 0) is 24.3 Å². The lowest BCUT2D eigenvalue weighted by molar-refractivity contribution is -0.150. The van der Waals surface area contributed by atoms with Gasteiger partial charge in [0.1, 0.15) is 24.8 Å². The second kappa shape index (κ2) is 8.07. The molecule has 4 rings (SSSR count). The van der Waals surface area contributed by atoms with Gasteiger partial charge in [0.15, 0.2) is 11.6 Å². The van der Waals surface area contributed by atoms with Gasteiger partial charge < -0.3 is 19.4 Å². The van der Waals surface area contributed by atoms with E-state index >= 15 is 0 Å². The number of nitrogens with zero attached hydrogens (tertiary/aromatic N) is 4. The van der Waals surface area contributed by atoms with Crippen molar-refractivity contribution in [3.63, 3.8) is 0 Å². The second-order valence-corrected chi connectivity index (χ2v) is 6.70. The lowest BCUT2D eigenvalue weighted by atomic mass is 10.2. The van der Waals surface area contributed by atoms with Crippen LogP contribution in [0.2, 0.25) is 0 Å². The fourth-order valence-corrected chi connectivity index (χ4v) is 3.17. The standard InChI is InChI=1S/C21H14F3N5O3/c22-21(23,24)20-28-15-7-3-4-8-16(15)29(20)10-18(31)32-11-17(30)12(9-25)19-26-13-5-1-2-6-14(13)27-19/h1-8,30H,10-11H2,(H,26,27). The van der Waals surface area contributed by atoms with Crippen molar-refractivity contribution in [2.24, 2.45) is 0 Å². The number of nitrogens with one attached hydrogen (secondary N) is 1. The summed E-state index contributed by atoms with van der Waals surface area (Å²) in [7, 11) is 0. The molecule has 0 unspecified atom stereocenters. The molecule has 2 N–H and O–H groups in total. The third kappa shape index (κ3) is 3.98. The third-order valence-corrected chi connectivity index (χ3v) is 4.59. The van der Waals surface area contributed by atoms with E-state index in [4.69, 9.17) is 4.74 Å². The molecule has 0 bridgehead atoms. The summed E-state index contributed by atoms with van der Waals surface area (Å²) in [5, 5.41) is 19.6. The lowest BCUT2D eigenvalue weighted by Crippen LogP contribution is -2.21. The summed E-state index contributed by atoms with van der Waals surface area (Å²) in [6.45, 7) is -1.50. The lowest BCUT2D eigenvalue weighted by Gasteiger charge is -2.11. The summed E-state index contributed by atoms with van der Waals surface area (Å²) in [4.78, 5) is 22.9. The highest BCUT2D eigenvalue weighted by Crippen LogP contribution is 2.31. The van der Waals surface area contributed by atoms with Crippen LogP contribution < -0.4 is 0 Å². The number of aromatic amines is 1. The molecular weight excluding hydrogens is 427 g/mol. The number of benzene rings is 2. The molecule has 0 aliphatic rings. The first kappa shape index (κ1) is 20.9. The predicted octanol–water partition coefficient (Wildman–Crippen LogP) is 3.97. The number of halogens is 3. The Balaban J connectivity index is 1.54. The van der Waals surface area contributed by atoms with Crippen molar-refractivity contribution < 1.29 is 27.8 Å². The van der Waals surface area contributed by atoms with Gasteiger partial charge in [0.25, 0.3) is 0 Å². The van der Waals surface area contributed by atoms with Crippen molar-refractivity contribution in [1.82, 2.24) is 19.5 Å². The number of aliphatic hydroxyl groups excluding tert-OH is 1. The Hall–Kier alpha value is -4.33. The third-order valence-electron chi connectivity index (χ3n) is 4.59. The van der Waals surface area contributed by atoms with E-state index in [1.54, 1.807) is 30.3 Å². The van der Waals surface area contributed by atoms with Crippen LogP contribution in [0.15, 0.2) is 54.3 Å². The van der Waals surface area contributed by atoms with Gasteiger partial charge in [0.05, 0.1) is 22.1 Å². The number of rotatable bonds is 5. The summed E-state index contributed by atoms with van der Waals surface area (Å²) in [6, 6.07) is 14.6. The number of aliphatic hydroxyl groups is 1. The minimum Gasteiger partial charge on any atom is -0.507 e. The zero-order valence-electron chi connectivity index (χ0n) is 16.2. The number of para-hydroxylation sites is 4. The van der Waals surface area contributed by atoms with Gasteiger partial charge in [-0.1, -0.05) is 24.3 Å². The molecule has 0 saturated heterocycles. The molecule has 2 heterocycles. The maximum Gasteiger partial charge on any atom is 0.449 e. The van der Waals surface area contributed by atoms with Crippen LogP contribution in [0, 0.1) is 11.3 Å². The Morgan fingerprint density at radius 1 is 1.12 bits per heavy atom. The molecule has 11 heteroatoms. The molecule has 0 aliphatic carbocycles. The van der Waals surface area contributed by atoms with E-state index in [0.717, 1.165) is 0 Å². The van der Waals surface area contributed by atoms with Gasteiger partial charge >= 0.3 is 12.1 Å². The Kier molecular flexibility index (Phi) is 5.28. The number of H-pyrrole nitrogens is 1. The Bertz CT molecular complexity index is 1360. The van der Waals surface area contributed by atoms with Gasteiger partial charge in [-0.15, -0.1) is 0 Å². The minimum atomic E-state index is -4.78. The number of carbonyl (C=O) groups is 1. The number of esters is 1. The van der Waals surface area contributed by atoms with Crippen LogP contribution in [-0.2, 0) is 22.3 Å². The molecule has 2 aromatic heterocycles. The van der Waals surface area contributed by atoms with Crippen molar-refractivity contribution >= 4 is 33.6 Å². The number of hydrogen-bond acceptors (Lipinski definition) is 6. The quantitative estimate of drug-likeness (QED) is 0.275. The van der Waals surface area contributed by atoms with Gasteiger partial charge in [-0.25, -0.2) is 9.97 Å². The summed E-state index contributed by atoms with van der Waals surface area (Å²) in [5.41, 5.74) is 1.13. The largest absolute Gasteiger partial charge is 0.507 e. The maximum absolute atomic E-state index is 13.3. The average Bonchev–Trinajstić information content (AvgIpc) is 3.34. The number of alkyl halides is 3. The van der Waals surface area contributed by atoms with Crippen LogP contribution in [-0.4, -0.2) is 37.2 Å². The molecule has 0 spiro atoms. The Morgan fingerprint density at radius 3 is 2.50 bits per heavy atom. The van der Waals surface area contributed by atoms with Crippen molar-refractivity contribution in [2.45, 2.75) is 12.7 Å². The number of hydrogen-bond donors (Lipinski definition) is 2. The summed E-state index contributed by atoms with van der Waals surface area (Å²) in [5.74, 6) is -2.81. The van der Waals surface area contributed by atoms with Crippen LogP contribution in [0.3, 0.4) is 0 Å². The van der Waals surface area contributed by atoms with Crippen LogP contribution in [0.4, 0.5) is 13.2 Å². The highest BCUT2D eigenvalue weighted by Gasteiger charge is 2.38. The first-order valence-corrected chi connectivity index (χ1v) is 9.23.